The van der Waals surface area contributed by atoms with Gasteiger partial charge in [0.2, 0.25) is 0 Å². The van der Waals surface area contributed by atoms with E-state index in [9.17, 15) is 23.1 Å². The number of likely N-dealkylation sites (tertiary alicyclic amines) is 1. The van der Waals surface area contributed by atoms with Gasteiger partial charge in [0.25, 0.3) is 5.91 Å². The lowest BCUT2D eigenvalue weighted by Gasteiger charge is -2.37. The zero-order chi connectivity index (χ0) is 26.9. The van der Waals surface area contributed by atoms with E-state index in [1.165, 1.54) is 28.8 Å². The average molecular weight is 523 g/mol. The van der Waals surface area contributed by atoms with Gasteiger partial charge in [-0.3, -0.25) is 14.1 Å². The van der Waals surface area contributed by atoms with Crippen LogP contribution in [-0.4, -0.2) is 48.0 Å². The smallest absolute Gasteiger partial charge is 0.375 e. The zero-order valence-electron chi connectivity index (χ0n) is 20.3. The first-order valence-electron chi connectivity index (χ1n) is 12.1. The molecule has 1 amide bonds. The second-order valence-electron chi connectivity index (χ2n) is 8.96. The van der Waals surface area contributed by atoms with Crippen LogP contribution in [0.2, 0.25) is 0 Å². The molecular formula is C27H25F3N6O2. The maximum absolute atomic E-state index is 14.1. The van der Waals surface area contributed by atoms with Gasteiger partial charge >= 0.3 is 6.18 Å². The predicted octanol–water partition coefficient (Wildman–Crippen LogP) is 5.09. The van der Waals surface area contributed by atoms with Gasteiger partial charge in [0.15, 0.2) is 5.69 Å². The summed E-state index contributed by atoms with van der Waals surface area (Å²) in [6, 6.07) is 10.9. The summed E-state index contributed by atoms with van der Waals surface area (Å²) >= 11 is 0. The van der Waals surface area contributed by atoms with E-state index in [0.29, 0.717) is 35.7 Å². The predicted molar refractivity (Wildman–Crippen MR) is 135 cm³/mol. The Hall–Kier alpha value is -4.09. The van der Waals surface area contributed by atoms with Crippen molar-refractivity contribution in [3.05, 3.63) is 90.8 Å². The summed E-state index contributed by atoms with van der Waals surface area (Å²) in [5, 5.41) is 13.2. The highest BCUT2D eigenvalue weighted by atomic mass is 19.4. The van der Waals surface area contributed by atoms with Crippen molar-refractivity contribution >= 4 is 17.2 Å². The molecule has 0 bridgehead atoms. The summed E-state index contributed by atoms with van der Waals surface area (Å²) in [4.78, 5) is 26.8. The first kappa shape index (κ1) is 25.6. The summed E-state index contributed by atoms with van der Waals surface area (Å²) in [7, 11) is 0. The number of pyridine rings is 1. The number of rotatable bonds is 6. The Morgan fingerprint density at radius 1 is 1.13 bits per heavy atom. The lowest BCUT2D eigenvalue weighted by Crippen LogP contribution is -2.41. The van der Waals surface area contributed by atoms with Crippen LogP contribution in [0.1, 0.15) is 47.2 Å². The summed E-state index contributed by atoms with van der Waals surface area (Å²) < 4.78 is 43.6. The van der Waals surface area contributed by atoms with Crippen molar-refractivity contribution in [3.8, 4) is 11.3 Å². The Labute approximate surface area is 216 Å². The third-order valence-corrected chi connectivity index (χ3v) is 6.57. The van der Waals surface area contributed by atoms with E-state index in [1.54, 1.807) is 41.4 Å². The summed E-state index contributed by atoms with van der Waals surface area (Å²) in [5.41, 5.74) is -0.439. The second-order valence-corrected chi connectivity index (χ2v) is 8.96. The van der Waals surface area contributed by atoms with Gasteiger partial charge in [0.05, 0.1) is 11.7 Å². The highest BCUT2D eigenvalue weighted by Crippen LogP contribution is 2.39. The number of aliphatic hydroxyl groups is 1. The van der Waals surface area contributed by atoms with E-state index >= 15 is 0 Å². The molecule has 11 heteroatoms. The molecule has 4 aromatic rings. The molecule has 8 nitrogen and oxygen atoms in total. The number of piperidine rings is 1. The first-order chi connectivity index (χ1) is 18.3. The van der Waals surface area contributed by atoms with Crippen LogP contribution in [-0.2, 0) is 6.18 Å². The molecule has 2 atom stereocenters. The number of nitrogens with one attached hydrogen (secondary N) is 1. The molecule has 196 valence electrons. The molecular weight excluding hydrogens is 497 g/mol. The van der Waals surface area contributed by atoms with E-state index in [0.717, 1.165) is 19.0 Å². The molecule has 4 heterocycles. The first-order valence-corrected chi connectivity index (χ1v) is 12.1. The number of carbonyl (C=O) groups is 1. The second kappa shape index (κ2) is 10.3. The Kier molecular flexibility index (Phi) is 6.96. The van der Waals surface area contributed by atoms with Gasteiger partial charge in [0, 0.05) is 36.3 Å². The largest absolute Gasteiger partial charge is 0.435 e. The molecule has 1 fully saturated rings. The fraction of sp³-hybridized carbons (Fsp3) is 0.259. The van der Waals surface area contributed by atoms with Gasteiger partial charge in [-0.1, -0.05) is 31.2 Å². The van der Waals surface area contributed by atoms with Gasteiger partial charge < -0.3 is 10.4 Å². The number of aromatic nitrogens is 4. The maximum atomic E-state index is 14.1. The number of aliphatic hydroxyl groups excluding tert-OH is 1. The number of hydrogen-bond donors (Lipinski definition) is 2. The van der Waals surface area contributed by atoms with Gasteiger partial charge in [-0.15, -0.1) is 0 Å². The van der Waals surface area contributed by atoms with Crippen LogP contribution in [0.15, 0.2) is 73.7 Å². The number of amides is 1. The SMILES string of the molecule is C=CC(O)N1CCCC[C@H]1c1nc(-c2ccc(C(=O)Nc3ccccn3)cc2)c2c(C(F)(F)F)nccn12. The number of hydrogen-bond acceptors (Lipinski definition) is 6. The number of imidazole rings is 1. The number of alkyl halides is 3. The van der Waals surface area contributed by atoms with Crippen LogP contribution >= 0.6 is 0 Å². The van der Waals surface area contributed by atoms with Crippen LogP contribution in [0.25, 0.3) is 16.8 Å². The molecule has 1 unspecified atom stereocenters. The van der Waals surface area contributed by atoms with Crippen molar-refractivity contribution in [2.24, 2.45) is 0 Å². The number of anilines is 1. The lowest BCUT2D eigenvalue weighted by atomic mass is 10.0. The van der Waals surface area contributed by atoms with Crippen molar-refractivity contribution in [1.29, 1.82) is 0 Å². The van der Waals surface area contributed by atoms with Crippen molar-refractivity contribution < 1.29 is 23.1 Å². The molecule has 5 rings (SSSR count). The number of fused-ring (bicyclic) bond motifs is 1. The maximum Gasteiger partial charge on any atom is 0.435 e. The standard InChI is InChI=1S/C27H25F3N6O2/c1-2-21(37)35-15-6-4-7-19(35)25-34-22(23-24(27(28,29)30)32-14-16-36(23)25)17-9-11-18(12-10-17)26(38)33-20-8-3-5-13-31-20/h2-3,5,8-14,16,19,21,37H,1,4,6-7,15H2,(H,31,33,38)/t19-,21?/m0/s1. The van der Waals surface area contributed by atoms with E-state index in [1.807, 2.05) is 0 Å². The molecule has 0 saturated carbocycles. The summed E-state index contributed by atoms with van der Waals surface area (Å²) in [5.74, 6) is 0.353. The van der Waals surface area contributed by atoms with E-state index in [4.69, 9.17) is 4.98 Å². The fourth-order valence-corrected chi connectivity index (χ4v) is 4.79. The molecule has 0 spiro atoms. The molecule has 3 aromatic heterocycles. The minimum atomic E-state index is -4.72. The quantitative estimate of drug-likeness (QED) is 0.343. The molecule has 0 radical (unpaired) electrons. The fourth-order valence-electron chi connectivity index (χ4n) is 4.79. The number of benzene rings is 1. The summed E-state index contributed by atoms with van der Waals surface area (Å²) in [6.45, 7) is 4.21. The molecule has 1 aliphatic rings. The third kappa shape index (κ3) is 4.90. The lowest BCUT2D eigenvalue weighted by molar-refractivity contribution is -0.140. The van der Waals surface area contributed by atoms with Crippen LogP contribution in [0.5, 0.6) is 0 Å². The normalized spacial score (nSPS) is 17.3. The number of nitrogens with zero attached hydrogens (tertiary/aromatic N) is 5. The molecule has 1 aliphatic heterocycles. The molecule has 2 N–H and O–H groups in total. The van der Waals surface area contributed by atoms with Gasteiger partial charge in [-0.2, -0.15) is 13.2 Å². The van der Waals surface area contributed by atoms with Crippen molar-refractivity contribution in [2.75, 3.05) is 11.9 Å². The number of carbonyl (C=O) groups excluding carboxylic acids is 1. The highest BCUT2D eigenvalue weighted by Gasteiger charge is 2.39. The van der Waals surface area contributed by atoms with Crippen LogP contribution < -0.4 is 5.32 Å². The zero-order valence-corrected chi connectivity index (χ0v) is 20.3. The van der Waals surface area contributed by atoms with E-state index in [2.05, 4.69) is 21.9 Å². The highest BCUT2D eigenvalue weighted by molar-refractivity contribution is 6.04. The monoisotopic (exact) mass is 522 g/mol. The third-order valence-electron chi connectivity index (χ3n) is 6.57. The van der Waals surface area contributed by atoms with Crippen molar-refractivity contribution in [3.63, 3.8) is 0 Å². The minimum absolute atomic E-state index is 0.0933. The van der Waals surface area contributed by atoms with Gasteiger partial charge in [-0.05, 0) is 43.2 Å². The van der Waals surface area contributed by atoms with Crippen LogP contribution in [0, 0.1) is 0 Å². The molecule has 38 heavy (non-hydrogen) atoms. The van der Waals surface area contributed by atoms with Crippen LogP contribution in [0.3, 0.4) is 0 Å². The Morgan fingerprint density at radius 3 is 2.61 bits per heavy atom. The van der Waals surface area contributed by atoms with Crippen LogP contribution in [0.4, 0.5) is 19.0 Å². The summed E-state index contributed by atoms with van der Waals surface area (Å²) in [6.07, 6.45) is 2.12. The Bertz CT molecular complexity index is 1450. The van der Waals surface area contributed by atoms with E-state index in [-0.39, 0.29) is 11.2 Å². The van der Waals surface area contributed by atoms with Crippen molar-refractivity contribution in [2.45, 2.75) is 37.7 Å². The van der Waals surface area contributed by atoms with E-state index < -0.39 is 30.0 Å². The topological polar surface area (TPSA) is 95.6 Å². The van der Waals surface area contributed by atoms with Crippen molar-refractivity contribution in [1.82, 2.24) is 24.3 Å². The Balaban J connectivity index is 1.59. The van der Waals surface area contributed by atoms with Gasteiger partial charge in [0.1, 0.15) is 23.4 Å². The average Bonchev–Trinajstić information content (AvgIpc) is 3.32. The molecule has 1 saturated heterocycles. The Morgan fingerprint density at radius 2 is 1.92 bits per heavy atom. The molecule has 1 aromatic carbocycles. The van der Waals surface area contributed by atoms with Gasteiger partial charge in [-0.25, -0.2) is 15.0 Å². The molecule has 0 aliphatic carbocycles. The minimum Gasteiger partial charge on any atom is -0.375 e. The number of halogens is 3.